The highest BCUT2D eigenvalue weighted by Crippen LogP contribution is 2.32. The number of para-hydroxylation sites is 1. The summed E-state index contributed by atoms with van der Waals surface area (Å²) in [6.07, 6.45) is 0.814. The Labute approximate surface area is 161 Å². The number of fused-ring (bicyclic) bond motifs is 2. The normalized spacial score (nSPS) is 13.4. The minimum atomic E-state index is -0.320. The van der Waals surface area contributed by atoms with Gasteiger partial charge in [0.2, 0.25) is 0 Å². The van der Waals surface area contributed by atoms with Crippen molar-refractivity contribution in [3.63, 3.8) is 0 Å². The van der Waals surface area contributed by atoms with Gasteiger partial charge in [-0.05, 0) is 36.2 Å². The first-order valence-electron chi connectivity index (χ1n) is 9.21. The number of hydrogen-bond donors (Lipinski definition) is 0. The predicted molar refractivity (Wildman–Crippen MR) is 107 cm³/mol. The zero-order valence-corrected chi connectivity index (χ0v) is 15.1. The molecule has 0 unspecified atom stereocenters. The van der Waals surface area contributed by atoms with Crippen LogP contribution in [-0.2, 0) is 13.0 Å². The highest BCUT2D eigenvalue weighted by atomic mass is 16.2. The van der Waals surface area contributed by atoms with Crippen LogP contribution >= 0.6 is 0 Å². The van der Waals surface area contributed by atoms with Crippen molar-refractivity contribution >= 4 is 28.5 Å². The zero-order valence-electron chi connectivity index (χ0n) is 15.1. The standard InChI is InChI=1S/C23H17N3O2/c27-22-17-10-4-5-11-18(17)23(28)26(22)21-19-12-6-7-13-20(19)25(24-21)15-14-16-8-2-1-3-9-16/h1-13H,14-15H2. The summed E-state index contributed by atoms with van der Waals surface area (Å²) in [7, 11) is 0. The van der Waals surface area contributed by atoms with Crippen LogP contribution in [0.25, 0.3) is 10.9 Å². The predicted octanol–water partition coefficient (Wildman–Crippen LogP) is 4.08. The largest absolute Gasteiger partial charge is 0.268 e. The fraction of sp³-hybridized carbons (Fsp3) is 0.0870. The molecule has 0 N–H and O–H groups in total. The number of rotatable bonds is 4. The molecule has 1 aliphatic heterocycles. The van der Waals surface area contributed by atoms with Gasteiger partial charge in [0.15, 0.2) is 5.82 Å². The van der Waals surface area contributed by atoms with E-state index in [1.165, 1.54) is 10.5 Å². The molecule has 2 heterocycles. The van der Waals surface area contributed by atoms with Gasteiger partial charge in [0.1, 0.15) is 0 Å². The van der Waals surface area contributed by atoms with Crippen molar-refractivity contribution in [3.05, 3.63) is 95.6 Å². The lowest BCUT2D eigenvalue weighted by Gasteiger charge is -2.10. The number of hydrogen-bond acceptors (Lipinski definition) is 3. The van der Waals surface area contributed by atoms with Crippen LogP contribution in [0.5, 0.6) is 0 Å². The molecule has 0 fully saturated rings. The van der Waals surface area contributed by atoms with E-state index in [1.807, 2.05) is 47.1 Å². The van der Waals surface area contributed by atoms with Crippen LogP contribution in [0.15, 0.2) is 78.9 Å². The molecule has 5 rings (SSSR count). The lowest BCUT2D eigenvalue weighted by atomic mass is 10.1. The number of nitrogens with zero attached hydrogens (tertiary/aromatic N) is 3. The van der Waals surface area contributed by atoms with Crippen molar-refractivity contribution in [2.24, 2.45) is 0 Å². The minimum absolute atomic E-state index is 0.320. The van der Waals surface area contributed by atoms with E-state index in [0.717, 1.165) is 17.3 Å². The average Bonchev–Trinajstić information content (AvgIpc) is 3.23. The van der Waals surface area contributed by atoms with E-state index in [1.54, 1.807) is 24.3 Å². The topological polar surface area (TPSA) is 55.2 Å². The van der Waals surface area contributed by atoms with Crippen molar-refractivity contribution in [1.29, 1.82) is 0 Å². The lowest BCUT2D eigenvalue weighted by molar-refractivity contribution is 0.0925. The van der Waals surface area contributed by atoms with Crippen LogP contribution in [0.1, 0.15) is 26.3 Å². The summed E-state index contributed by atoms with van der Waals surface area (Å²) in [4.78, 5) is 27.0. The third-order valence-corrected chi connectivity index (χ3v) is 5.10. The highest BCUT2D eigenvalue weighted by molar-refractivity contribution is 6.35. The van der Waals surface area contributed by atoms with E-state index in [2.05, 4.69) is 17.2 Å². The van der Waals surface area contributed by atoms with Crippen molar-refractivity contribution in [3.8, 4) is 0 Å². The van der Waals surface area contributed by atoms with Crippen LogP contribution in [0.2, 0.25) is 0 Å². The molecule has 1 aliphatic rings. The quantitative estimate of drug-likeness (QED) is 0.511. The van der Waals surface area contributed by atoms with Crippen molar-refractivity contribution in [1.82, 2.24) is 9.78 Å². The molecule has 1 aromatic heterocycles. The molecule has 0 saturated carbocycles. The molecule has 0 atom stereocenters. The number of aromatic nitrogens is 2. The van der Waals surface area contributed by atoms with Gasteiger partial charge < -0.3 is 0 Å². The molecule has 0 saturated heterocycles. The lowest BCUT2D eigenvalue weighted by Crippen LogP contribution is -2.30. The molecule has 5 heteroatoms. The van der Waals surface area contributed by atoms with Crippen LogP contribution in [0, 0.1) is 0 Å². The molecule has 2 amide bonds. The Bertz CT molecular complexity index is 1180. The van der Waals surface area contributed by atoms with E-state index in [-0.39, 0.29) is 11.8 Å². The van der Waals surface area contributed by atoms with Crippen LogP contribution in [0.4, 0.5) is 5.82 Å². The number of benzene rings is 3. The first-order chi connectivity index (χ1) is 13.7. The average molecular weight is 367 g/mol. The second-order valence-electron chi connectivity index (χ2n) is 6.79. The summed E-state index contributed by atoms with van der Waals surface area (Å²) in [6.45, 7) is 0.660. The molecular formula is C23H17N3O2. The minimum Gasteiger partial charge on any atom is -0.268 e. The maximum Gasteiger partial charge on any atom is 0.267 e. The smallest absolute Gasteiger partial charge is 0.267 e. The molecule has 0 bridgehead atoms. The summed E-state index contributed by atoms with van der Waals surface area (Å²) in [6, 6.07) is 24.8. The third-order valence-electron chi connectivity index (χ3n) is 5.10. The molecule has 0 radical (unpaired) electrons. The maximum atomic E-state index is 12.9. The number of imide groups is 1. The summed E-state index contributed by atoms with van der Waals surface area (Å²) in [5.74, 6) is -0.243. The molecule has 0 aliphatic carbocycles. The number of carbonyl (C=O) groups excluding carboxylic acids is 2. The molecule has 28 heavy (non-hydrogen) atoms. The monoisotopic (exact) mass is 367 g/mol. The van der Waals surface area contributed by atoms with Gasteiger partial charge in [-0.1, -0.05) is 54.6 Å². The number of carbonyl (C=O) groups is 2. The molecule has 4 aromatic rings. The van der Waals surface area contributed by atoms with Crippen LogP contribution in [0.3, 0.4) is 0 Å². The van der Waals surface area contributed by atoms with Crippen LogP contribution in [-0.4, -0.2) is 21.6 Å². The fourth-order valence-corrected chi connectivity index (χ4v) is 3.71. The van der Waals surface area contributed by atoms with E-state index < -0.39 is 0 Å². The van der Waals surface area contributed by atoms with Crippen molar-refractivity contribution in [2.75, 3.05) is 4.90 Å². The Kier molecular flexibility index (Phi) is 3.79. The number of aryl methyl sites for hydroxylation is 2. The Morgan fingerprint density at radius 2 is 1.32 bits per heavy atom. The first kappa shape index (κ1) is 16.4. The fourth-order valence-electron chi connectivity index (χ4n) is 3.71. The summed E-state index contributed by atoms with van der Waals surface area (Å²) < 4.78 is 1.88. The Balaban J connectivity index is 1.56. The van der Waals surface area contributed by atoms with Gasteiger partial charge in [0, 0.05) is 11.9 Å². The second kappa shape index (κ2) is 6.46. The van der Waals surface area contributed by atoms with E-state index in [0.29, 0.717) is 23.5 Å². The first-order valence-corrected chi connectivity index (χ1v) is 9.21. The van der Waals surface area contributed by atoms with Gasteiger partial charge in [0.05, 0.1) is 16.6 Å². The molecular weight excluding hydrogens is 350 g/mol. The summed E-state index contributed by atoms with van der Waals surface area (Å²) in [5, 5.41) is 5.47. The molecule has 3 aromatic carbocycles. The number of amides is 2. The Morgan fingerprint density at radius 3 is 2.04 bits per heavy atom. The molecule has 5 nitrogen and oxygen atoms in total. The Morgan fingerprint density at radius 1 is 0.714 bits per heavy atom. The summed E-state index contributed by atoms with van der Waals surface area (Å²) in [5.41, 5.74) is 2.97. The summed E-state index contributed by atoms with van der Waals surface area (Å²) >= 11 is 0. The van der Waals surface area contributed by atoms with Gasteiger partial charge in [0.25, 0.3) is 11.8 Å². The van der Waals surface area contributed by atoms with Crippen LogP contribution < -0.4 is 4.90 Å². The van der Waals surface area contributed by atoms with E-state index >= 15 is 0 Å². The highest BCUT2D eigenvalue weighted by Gasteiger charge is 2.38. The van der Waals surface area contributed by atoms with Crippen molar-refractivity contribution < 1.29 is 9.59 Å². The van der Waals surface area contributed by atoms with Gasteiger partial charge in [-0.2, -0.15) is 5.10 Å². The van der Waals surface area contributed by atoms with Gasteiger partial charge >= 0.3 is 0 Å². The third kappa shape index (κ3) is 2.52. The number of anilines is 1. The van der Waals surface area contributed by atoms with Gasteiger partial charge in [-0.3, -0.25) is 14.3 Å². The second-order valence-corrected chi connectivity index (χ2v) is 6.79. The van der Waals surface area contributed by atoms with E-state index in [4.69, 9.17) is 0 Å². The van der Waals surface area contributed by atoms with E-state index in [9.17, 15) is 9.59 Å². The molecule has 0 spiro atoms. The maximum absolute atomic E-state index is 12.9. The molecule has 136 valence electrons. The Hall–Kier alpha value is -3.73. The van der Waals surface area contributed by atoms with Crippen molar-refractivity contribution in [2.45, 2.75) is 13.0 Å². The van der Waals surface area contributed by atoms with Gasteiger partial charge in [-0.25, -0.2) is 4.90 Å². The van der Waals surface area contributed by atoms with Gasteiger partial charge in [-0.15, -0.1) is 0 Å². The zero-order chi connectivity index (χ0) is 19.1. The SMILES string of the molecule is O=C1c2ccccc2C(=O)N1c1nn(CCc2ccccc2)c2ccccc12.